The first-order valence-electron chi connectivity index (χ1n) is 7.17. The molecule has 0 saturated carbocycles. The molecule has 100 valence electrons. The number of hydrogen-bond acceptors (Lipinski definition) is 2. The first kappa shape index (κ1) is 13.6. The molecule has 1 aliphatic rings. The van der Waals surface area contributed by atoms with Crippen molar-refractivity contribution < 1.29 is 4.74 Å². The summed E-state index contributed by atoms with van der Waals surface area (Å²) < 4.78 is 6.05. The average Bonchev–Trinajstić information content (AvgIpc) is 2.40. The van der Waals surface area contributed by atoms with E-state index in [1.165, 1.54) is 31.2 Å². The molecule has 1 atom stereocenters. The molecule has 1 unspecified atom stereocenters. The number of nitrogens with one attached hydrogen (secondary N) is 1. The Bertz CT molecular complexity index is 330. The van der Waals surface area contributed by atoms with Gasteiger partial charge < -0.3 is 10.1 Å². The van der Waals surface area contributed by atoms with Crippen LogP contribution in [0.15, 0.2) is 30.3 Å². The van der Waals surface area contributed by atoms with E-state index < -0.39 is 0 Å². The van der Waals surface area contributed by atoms with Crippen LogP contribution in [0, 0.1) is 0 Å². The molecule has 18 heavy (non-hydrogen) atoms. The van der Waals surface area contributed by atoms with Crippen molar-refractivity contribution in [3.05, 3.63) is 35.9 Å². The molecule has 0 aromatic heterocycles. The Morgan fingerprint density at radius 2 is 2.06 bits per heavy atom. The molecule has 0 aliphatic carbocycles. The maximum atomic E-state index is 6.05. The van der Waals surface area contributed by atoms with Gasteiger partial charge in [-0.15, -0.1) is 0 Å². The largest absolute Gasteiger partial charge is 0.374 e. The SMILES string of the molecule is CC1(OCCCCc2ccccc2)CCCNC1. The first-order valence-corrected chi connectivity index (χ1v) is 7.17. The van der Waals surface area contributed by atoms with Crippen LogP contribution in [0.5, 0.6) is 0 Å². The van der Waals surface area contributed by atoms with Crippen LogP contribution in [0.1, 0.15) is 38.2 Å². The van der Waals surface area contributed by atoms with E-state index in [1.807, 2.05) is 0 Å². The standard InChI is InChI=1S/C16H25NO/c1-16(11-7-12-17-14-16)18-13-6-5-10-15-8-3-2-4-9-15/h2-4,8-9,17H,5-7,10-14H2,1H3. The van der Waals surface area contributed by atoms with E-state index in [2.05, 4.69) is 42.6 Å². The number of benzene rings is 1. The zero-order chi connectivity index (χ0) is 12.7. The molecule has 0 bridgehead atoms. The van der Waals surface area contributed by atoms with Gasteiger partial charge in [-0.25, -0.2) is 0 Å². The predicted octanol–water partition coefficient (Wildman–Crippen LogP) is 3.17. The van der Waals surface area contributed by atoms with E-state index >= 15 is 0 Å². The zero-order valence-corrected chi connectivity index (χ0v) is 11.5. The number of aryl methyl sites for hydroxylation is 1. The van der Waals surface area contributed by atoms with E-state index in [0.29, 0.717) is 0 Å². The molecule has 0 amide bonds. The molecule has 1 heterocycles. The van der Waals surface area contributed by atoms with Crippen LogP contribution in [0.3, 0.4) is 0 Å². The summed E-state index contributed by atoms with van der Waals surface area (Å²) in [6, 6.07) is 10.7. The van der Waals surface area contributed by atoms with Gasteiger partial charge in [0.15, 0.2) is 0 Å². The molecular formula is C16H25NO. The average molecular weight is 247 g/mol. The fourth-order valence-electron chi connectivity index (χ4n) is 2.55. The van der Waals surface area contributed by atoms with Gasteiger partial charge in [0.2, 0.25) is 0 Å². The van der Waals surface area contributed by atoms with E-state index in [0.717, 1.165) is 26.1 Å². The molecular weight excluding hydrogens is 222 g/mol. The summed E-state index contributed by atoms with van der Waals surface area (Å²) in [6.45, 7) is 5.28. The Morgan fingerprint density at radius 1 is 1.22 bits per heavy atom. The second kappa shape index (κ2) is 6.91. The van der Waals surface area contributed by atoms with Crippen molar-refractivity contribution in [2.24, 2.45) is 0 Å². The highest BCUT2D eigenvalue weighted by atomic mass is 16.5. The molecule has 2 nitrogen and oxygen atoms in total. The van der Waals surface area contributed by atoms with Crippen LogP contribution < -0.4 is 5.32 Å². The first-order chi connectivity index (χ1) is 8.79. The highest BCUT2D eigenvalue weighted by Crippen LogP contribution is 2.20. The molecule has 0 spiro atoms. The van der Waals surface area contributed by atoms with Gasteiger partial charge in [0.1, 0.15) is 0 Å². The Morgan fingerprint density at radius 3 is 2.78 bits per heavy atom. The second-order valence-electron chi connectivity index (χ2n) is 5.52. The van der Waals surface area contributed by atoms with Crippen molar-refractivity contribution in [2.75, 3.05) is 19.7 Å². The number of piperidine rings is 1. The monoisotopic (exact) mass is 247 g/mol. The van der Waals surface area contributed by atoms with E-state index in [1.54, 1.807) is 0 Å². The number of ether oxygens (including phenoxy) is 1. The van der Waals surface area contributed by atoms with Crippen LogP contribution in [0.2, 0.25) is 0 Å². The second-order valence-corrected chi connectivity index (χ2v) is 5.52. The van der Waals surface area contributed by atoms with Crippen molar-refractivity contribution >= 4 is 0 Å². The fraction of sp³-hybridized carbons (Fsp3) is 0.625. The third kappa shape index (κ3) is 4.43. The number of rotatable bonds is 6. The predicted molar refractivity (Wildman–Crippen MR) is 75.8 cm³/mol. The molecule has 1 aromatic carbocycles. The van der Waals surface area contributed by atoms with Gasteiger partial charge in [-0.3, -0.25) is 0 Å². The minimum absolute atomic E-state index is 0.0744. The lowest BCUT2D eigenvalue weighted by Crippen LogP contribution is -2.45. The third-order valence-electron chi connectivity index (χ3n) is 3.71. The van der Waals surface area contributed by atoms with Gasteiger partial charge >= 0.3 is 0 Å². The lowest BCUT2D eigenvalue weighted by atomic mass is 9.96. The summed E-state index contributed by atoms with van der Waals surface area (Å²) in [6.07, 6.45) is 5.97. The molecule has 1 aromatic rings. The van der Waals surface area contributed by atoms with E-state index in [4.69, 9.17) is 4.74 Å². The Hall–Kier alpha value is -0.860. The maximum Gasteiger partial charge on any atom is 0.0778 e. The minimum atomic E-state index is 0.0744. The van der Waals surface area contributed by atoms with E-state index in [-0.39, 0.29) is 5.60 Å². The summed E-state index contributed by atoms with van der Waals surface area (Å²) >= 11 is 0. The van der Waals surface area contributed by atoms with Gasteiger partial charge in [0.25, 0.3) is 0 Å². The summed E-state index contributed by atoms with van der Waals surface area (Å²) in [4.78, 5) is 0. The zero-order valence-electron chi connectivity index (χ0n) is 11.5. The lowest BCUT2D eigenvalue weighted by Gasteiger charge is -2.34. The van der Waals surface area contributed by atoms with Crippen molar-refractivity contribution in [1.29, 1.82) is 0 Å². The highest BCUT2D eigenvalue weighted by Gasteiger charge is 2.26. The quantitative estimate of drug-likeness (QED) is 0.780. The highest BCUT2D eigenvalue weighted by molar-refractivity contribution is 5.14. The van der Waals surface area contributed by atoms with Crippen LogP contribution in [0.25, 0.3) is 0 Å². The fourth-order valence-corrected chi connectivity index (χ4v) is 2.55. The number of hydrogen-bond donors (Lipinski definition) is 1. The van der Waals surface area contributed by atoms with Crippen LogP contribution in [-0.2, 0) is 11.2 Å². The molecule has 2 heteroatoms. The summed E-state index contributed by atoms with van der Waals surface area (Å²) in [5.41, 5.74) is 1.51. The van der Waals surface area contributed by atoms with Gasteiger partial charge in [0.05, 0.1) is 5.60 Å². The number of unbranched alkanes of at least 4 members (excludes halogenated alkanes) is 1. The molecule has 0 radical (unpaired) electrons. The molecule has 1 aliphatic heterocycles. The summed E-state index contributed by atoms with van der Waals surface area (Å²) in [5.74, 6) is 0. The van der Waals surface area contributed by atoms with Gasteiger partial charge in [-0.05, 0) is 51.1 Å². The van der Waals surface area contributed by atoms with Crippen molar-refractivity contribution in [2.45, 2.75) is 44.6 Å². The topological polar surface area (TPSA) is 21.3 Å². The van der Waals surface area contributed by atoms with E-state index in [9.17, 15) is 0 Å². The van der Waals surface area contributed by atoms with Crippen LogP contribution in [-0.4, -0.2) is 25.3 Å². The van der Waals surface area contributed by atoms with Crippen LogP contribution >= 0.6 is 0 Å². The Kier molecular flexibility index (Phi) is 5.21. The van der Waals surface area contributed by atoms with Crippen molar-refractivity contribution in [1.82, 2.24) is 5.32 Å². The van der Waals surface area contributed by atoms with Gasteiger partial charge in [-0.2, -0.15) is 0 Å². The van der Waals surface area contributed by atoms with Crippen molar-refractivity contribution in [3.63, 3.8) is 0 Å². The summed E-state index contributed by atoms with van der Waals surface area (Å²) in [5, 5.41) is 3.42. The normalized spacial score (nSPS) is 24.1. The molecule has 1 fully saturated rings. The van der Waals surface area contributed by atoms with Gasteiger partial charge in [0, 0.05) is 13.2 Å². The van der Waals surface area contributed by atoms with Crippen molar-refractivity contribution in [3.8, 4) is 0 Å². The van der Waals surface area contributed by atoms with Crippen LogP contribution in [0.4, 0.5) is 0 Å². The smallest absolute Gasteiger partial charge is 0.0778 e. The third-order valence-corrected chi connectivity index (χ3v) is 3.71. The summed E-state index contributed by atoms with van der Waals surface area (Å²) in [7, 11) is 0. The van der Waals surface area contributed by atoms with Gasteiger partial charge in [-0.1, -0.05) is 30.3 Å². The Labute approximate surface area is 111 Å². The minimum Gasteiger partial charge on any atom is -0.374 e. The molecule has 1 saturated heterocycles. The molecule has 1 N–H and O–H groups in total. The lowest BCUT2D eigenvalue weighted by molar-refractivity contribution is -0.0477. The molecule has 2 rings (SSSR count). The maximum absolute atomic E-state index is 6.05. The Balaban J connectivity index is 1.58.